The van der Waals surface area contributed by atoms with Crippen LogP contribution in [0.25, 0.3) is 0 Å². The van der Waals surface area contributed by atoms with E-state index in [9.17, 15) is 8.78 Å². The molecule has 1 aromatic heterocycles. The zero-order chi connectivity index (χ0) is 13.0. The summed E-state index contributed by atoms with van der Waals surface area (Å²) in [6, 6.07) is 3.93. The van der Waals surface area contributed by atoms with Gasteiger partial charge in [0.1, 0.15) is 6.61 Å². The number of fused-ring (bicyclic) bond motifs is 1. The highest BCUT2D eigenvalue weighted by atomic mass is 19.3. The van der Waals surface area contributed by atoms with Gasteiger partial charge in [-0.1, -0.05) is 6.07 Å². The SMILES string of the molecule is NC(CCOCC(F)F)C1CCc2cccnc21. The summed E-state index contributed by atoms with van der Waals surface area (Å²) in [5.74, 6) is 0.233. The molecule has 100 valence electrons. The predicted octanol–water partition coefficient (Wildman–Crippen LogP) is 2.11. The normalized spacial score (nSPS) is 20.1. The zero-order valence-corrected chi connectivity index (χ0v) is 10.2. The van der Waals surface area contributed by atoms with Crippen molar-refractivity contribution in [2.45, 2.75) is 37.6 Å². The van der Waals surface area contributed by atoms with Crippen molar-refractivity contribution in [3.05, 3.63) is 29.6 Å². The number of alkyl halides is 2. The van der Waals surface area contributed by atoms with E-state index in [4.69, 9.17) is 10.5 Å². The molecule has 0 fully saturated rings. The average Bonchev–Trinajstić information content (AvgIpc) is 2.78. The fraction of sp³-hybridized carbons (Fsp3) is 0.615. The first-order chi connectivity index (χ1) is 8.68. The summed E-state index contributed by atoms with van der Waals surface area (Å²) < 4.78 is 28.6. The van der Waals surface area contributed by atoms with Crippen LogP contribution in [0.1, 0.15) is 30.0 Å². The largest absolute Gasteiger partial charge is 0.375 e. The maximum Gasteiger partial charge on any atom is 0.261 e. The van der Waals surface area contributed by atoms with Crippen LogP contribution < -0.4 is 5.73 Å². The van der Waals surface area contributed by atoms with E-state index in [1.165, 1.54) is 5.56 Å². The van der Waals surface area contributed by atoms with Crippen LogP contribution in [0, 0.1) is 0 Å². The number of ether oxygens (including phenoxy) is 1. The molecule has 3 nitrogen and oxygen atoms in total. The number of pyridine rings is 1. The van der Waals surface area contributed by atoms with Crippen molar-refractivity contribution in [3.8, 4) is 0 Å². The topological polar surface area (TPSA) is 48.1 Å². The Labute approximate surface area is 105 Å². The summed E-state index contributed by atoms with van der Waals surface area (Å²) in [5.41, 5.74) is 8.43. The lowest BCUT2D eigenvalue weighted by Crippen LogP contribution is -2.29. The van der Waals surface area contributed by atoms with Gasteiger partial charge in [0.25, 0.3) is 6.43 Å². The minimum absolute atomic E-state index is 0.0705. The van der Waals surface area contributed by atoms with Gasteiger partial charge in [-0.2, -0.15) is 0 Å². The van der Waals surface area contributed by atoms with Crippen LogP contribution in [0.4, 0.5) is 8.78 Å². The van der Waals surface area contributed by atoms with E-state index >= 15 is 0 Å². The number of hydrogen-bond donors (Lipinski definition) is 1. The van der Waals surface area contributed by atoms with Crippen LogP contribution in [0.5, 0.6) is 0 Å². The van der Waals surface area contributed by atoms with Gasteiger partial charge in [0.15, 0.2) is 0 Å². The average molecular weight is 256 g/mol. The molecule has 0 saturated heterocycles. The van der Waals surface area contributed by atoms with Crippen LogP contribution in [0.3, 0.4) is 0 Å². The van der Waals surface area contributed by atoms with Gasteiger partial charge in [-0.05, 0) is 30.9 Å². The molecule has 1 heterocycles. The Hall–Kier alpha value is -1.07. The van der Waals surface area contributed by atoms with Gasteiger partial charge in [-0.3, -0.25) is 4.98 Å². The minimum Gasteiger partial charge on any atom is -0.375 e. The molecule has 5 heteroatoms. The van der Waals surface area contributed by atoms with E-state index < -0.39 is 13.0 Å². The summed E-state index contributed by atoms with van der Waals surface area (Å²) in [5, 5.41) is 0. The summed E-state index contributed by atoms with van der Waals surface area (Å²) in [4.78, 5) is 4.38. The van der Waals surface area contributed by atoms with Crippen molar-refractivity contribution < 1.29 is 13.5 Å². The van der Waals surface area contributed by atoms with Gasteiger partial charge in [-0.25, -0.2) is 8.78 Å². The Kier molecular flexibility index (Phi) is 4.60. The van der Waals surface area contributed by atoms with Gasteiger partial charge < -0.3 is 10.5 Å². The molecule has 0 bridgehead atoms. The highest BCUT2D eigenvalue weighted by Gasteiger charge is 2.28. The first-order valence-corrected chi connectivity index (χ1v) is 6.23. The Morgan fingerprint density at radius 3 is 3.11 bits per heavy atom. The molecule has 1 aliphatic carbocycles. The molecule has 1 aromatic rings. The molecule has 18 heavy (non-hydrogen) atoms. The molecule has 0 saturated carbocycles. The monoisotopic (exact) mass is 256 g/mol. The summed E-state index contributed by atoms with van der Waals surface area (Å²) >= 11 is 0. The first kappa shape index (κ1) is 13.4. The molecular weight excluding hydrogens is 238 g/mol. The summed E-state index contributed by atoms with van der Waals surface area (Å²) in [7, 11) is 0. The van der Waals surface area contributed by atoms with E-state index in [0.717, 1.165) is 18.5 Å². The van der Waals surface area contributed by atoms with Crippen molar-refractivity contribution in [1.29, 1.82) is 0 Å². The van der Waals surface area contributed by atoms with Gasteiger partial charge in [0.2, 0.25) is 0 Å². The highest BCUT2D eigenvalue weighted by Crippen LogP contribution is 2.33. The molecule has 2 rings (SSSR count). The lowest BCUT2D eigenvalue weighted by molar-refractivity contribution is 0.0147. The second kappa shape index (κ2) is 6.20. The molecule has 0 spiro atoms. The van der Waals surface area contributed by atoms with E-state index in [1.807, 2.05) is 6.07 Å². The summed E-state index contributed by atoms with van der Waals surface area (Å²) in [6.45, 7) is -0.226. The van der Waals surface area contributed by atoms with Crippen molar-refractivity contribution >= 4 is 0 Å². The molecule has 1 aliphatic rings. The maximum absolute atomic E-state index is 11.9. The van der Waals surface area contributed by atoms with E-state index in [2.05, 4.69) is 11.1 Å². The van der Waals surface area contributed by atoms with E-state index in [-0.39, 0.29) is 18.6 Å². The third-order valence-electron chi connectivity index (χ3n) is 3.36. The Morgan fingerprint density at radius 2 is 2.33 bits per heavy atom. The second-order valence-corrected chi connectivity index (χ2v) is 4.61. The van der Waals surface area contributed by atoms with Crippen LogP contribution >= 0.6 is 0 Å². The maximum atomic E-state index is 11.9. The lowest BCUT2D eigenvalue weighted by Gasteiger charge is -2.19. The number of aromatic nitrogens is 1. The first-order valence-electron chi connectivity index (χ1n) is 6.23. The molecule has 0 aromatic carbocycles. The Balaban J connectivity index is 1.82. The number of nitrogens with zero attached hydrogens (tertiary/aromatic N) is 1. The number of rotatable bonds is 6. The van der Waals surface area contributed by atoms with Crippen molar-refractivity contribution in [1.82, 2.24) is 4.98 Å². The molecule has 0 radical (unpaired) electrons. The van der Waals surface area contributed by atoms with Crippen LogP contribution in [0.15, 0.2) is 18.3 Å². The molecular formula is C13H18F2N2O. The van der Waals surface area contributed by atoms with Gasteiger partial charge in [0, 0.05) is 30.5 Å². The molecule has 0 aliphatic heterocycles. The number of hydrogen-bond acceptors (Lipinski definition) is 3. The molecule has 2 N–H and O–H groups in total. The predicted molar refractivity (Wildman–Crippen MR) is 64.7 cm³/mol. The van der Waals surface area contributed by atoms with Gasteiger partial charge in [0.05, 0.1) is 0 Å². The van der Waals surface area contributed by atoms with Gasteiger partial charge >= 0.3 is 0 Å². The van der Waals surface area contributed by atoms with E-state index in [1.54, 1.807) is 6.20 Å². The minimum atomic E-state index is -2.41. The number of aryl methyl sites for hydroxylation is 1. The quantitative estimate of drug-likeness (QED) is 0.793. The third kappa shape index (κ3) is 3.23. The summed E-state index contributed by atoms with van der Waals surface area (Å²) in [6.07, 6.45) is 1.95. The Bertz CT molecular complexity index is 387. The van der Waals surface area contributed by atoms with Crippen LogP contribution in [0.2, 0.25) is 0 Å². The fourth-order valence-corrected chi connectivity index (χ4v) is 2.45. The third-order valence-corrected chi connectivity index (χ3v) is 3.36. The molecule has 0 amide bonds. The zero-order valence-electron chi connectivity index (χ0n) is 10.2. The van der Waals surface area contributed by atoms with Crippen molar-refractivity contribution in [3.63, 3.8) is 0 Å². The number of halogens is 2. The lowest BCUT2D eigenvalue weighted by atomic mass is 9.95. The van der Waals surface area contributed by atoms with Crippen molar-refractivity contribution in [2.24, 2.45) is 5.73 Å². The molecule has 2 atom stereocenters. The fourth-order valence-electron chi connectivity index (χ4n) is 2.45. The second-order valence-electron chi connectivity index (χ2n) is 4.61. The van der Waals surface area contributed by atoms with Crippen molar-refractivity contribution in [2.75, 3.05) is 13.2 Å². The smallest absolute Gasteiger partial charge is 0.261 e. The van der Waals surface area contributed by atoms with E-state index in [0.29, 0.717) is 6.42 Å². The molecule has 2 unspecified atom stereocenters. The van der Waals surface area contributed by atoms with Gasteiger partial charge in [-0.15, -0.1) is 0 Å². The van der Waals surface area contributed by atoms with Crippen LogP contribution in [-0.4, -0.2) is 30.7 Å². The number of nitrogens with two attached hydrogens (primary N) is 1. The standard InChI is InChI=1S/C13H18F2N2O/c14-12(15)8-18-7-5-11(16)10-4-3-9-2-1-6-17-13(9)10/h1-2,6,10-12H,3-5,7-8,16H2. The Morgan fingerprint density at radius 1 is 1.50 bits per heavy atom. The highest BCUT2D eigenvalue weighted by molar-refractivity contribution is 5.29. The van der Waals surface area contributed by atoms with Crippen LogP contribution in [-0.2, 0) is 11.2 Å².